The van der Waals surface area contributed by atoms with E-state index in [2.05, 4.69) is 10.2 Å². The normalized spacial score (nSPS) is 10.6. The van der Waals surface area contributed by atoms with Crippen LogP contribution in [0.5, 0.6) is 5.75 Å². The molecule has 0 N–H and O–H groups in total. The number of Topliss-reactive ketones (excluding diaryl/α,β-unsaturated/α-hetero) is 1. The molecule has 1 aromatic heterocycles. The van der Waals surface area contributed by atoms with Gasteiger partial charge in [0, 0.05) is 12.0 Å². The Kier molecular flexibility index (Phi) is 4.91. The van der Waals surface area contributed by atoms with Crippen molar-refractivity contribution in [2.75, 3.05) is 0 Å². The van der Waals surface area contributed by atoms with Crippen LogP contribution in [-0.4, -0.2) is 16.0 Å². The van der Waals surface area contributed by atoms with Gasteiger partial charge in [0.25, 0.3) is 5.89 Å². The Morgan fingerprint density at radius 2 is 1.88 bits per heavy atom. The van der Waals surface area contributed by atoms with E-state index in [0.717, 1.165) is 0 Å². The van der Waals surface area contributed by atoms with Crippen LogP contribution in [0.3, 0.4) is 0 Å². The molecule has 6 heteroatoms. The minimum atomic E-state index is 0.0998. The lowest BCUT2D eigenvalue weighted by molar-refractivity contribution is 0.0988. The molecule has 24 heavy (non-hydrogen) atoms. The van der Waals surface area contributed by atoms with E-state index >= 15 is 0 Å². The molecular weight excluding hydrogens is 328 g/mol. The monoisotopic (exact) mass is 342 g/mol. The Bertz CT molecular complexity index is 843. The maximum atomic E-state index is 11.6. The van der Waals surface area contributed by atoms with Gasteiger partial charge in [0.1, 0.15) is 5.75 Å². The second-order valence-corrected chi connectivity index (χ2v) is 5.48. The van der Waals surface area contributed by atoms with Crippen molar-refractivity contribution in [3.05, 3.63) is 65.0 Å². The van der Waals surface area contributed by atoms with Crippen LogP contribution in [-0.2, 0) is 6.61 Å². The number of rotatable bonds is 6. The molecule has 3 aromatic rings. The van der Waals surface area contributed by atoms with Crippen molar-refractivity contribution >= 4 is 17.4 Å². The molecule has 2 aromatic carbocycles. The summed E-state index contributed by atoms with van der Waals surface area (Å²) < 4.78 is 11.2. The molecule has 1 heterocycles. The van der Waals surface area contributed by atoms with E-state index in [1.54, 1.807) is 30.3 Å². The lowest BCUT2D eigenvalue weighted by atomic mass is 10.1. The third-order valence-electron chi connectivity index (χ3n) is 3.43. The average molecular weight is 343 g/mol. The number of halogens is 1. The van der Waals surface area contributed by atoms with Gasteiger partial charge in [-0.05, 0) is 36.4 Å². The van der Waals surface area contributed by atoms with Gasteiger partial charge in [-0.15, -0.1) is 10.2 Å². The first kappa shape index (κ1) is 16.2. The highest BCUT2D eigenvalue weighted by atomic mass is 35.5. The van der Waals surface area contributed by atoms with Crippen molar-refractivity contribution in [3.63, 3.8) is 0 Å². The van der Waals surface area contributed by atoms with Crippen molar-refractivity contribution in [2.45, 2.75) is 20.0 Å². The summed E-state index contributed by atoms with van der Waals surface area (Å²) in [6.45, 7) is 1.97. The third-order valence-corrected chi connectivity index (χ3v) is 3.76. The number of carbonyl (C=O) groups excluding carboxylic acids is 1. The molecule has 0 fully saturated rings. The Morgan fingerprint density at radius 1 is 1.12 bits per heavy atom. The number of carbonyl (C=O) groups is 1. The fraction of sp³-hybridized carbons (Fsp3) is 0.167. The van der Waals surface area contributed by atoms with E-state index in [0.29, 0.717) is 40.1 Å². The first-order valence-corrected chi connectivity index (χ1v) is 7.88. The number of ketones is 1. The van der Waals surface area contributed by atoms with Gasteiger partial charge in [-0.3, -0.25) is 4.79 Å². The van der Waals surface area contributed by atoms with Crippen molar-refractivity contribution < 1.29 is 13.9 Å². The Hall–Kier alpha value is -2.66. The van der Waals surface area contributed by atoms with Gasteiger partial charge in [0.15, 0.2) is 12.4 Å². The first-order chi connectivity index (χ1) is 11.7. The van der Waals surface area contributed by atoms with Crippen molar-refractivity contribution in [1.29, 1.82) is 0 Å². The highest BCUT2D eigenvalue weighted by Crippen LogP contribution is 2.26. The zero-order valence-electron chi connectivity index (χ0n) is 13.0. The number of ether oxygens (including phenoxy) is 1. The summed E-state index contributed by atoms with van der Waals surface area (Å²) in [6.07, 6.45) is 0.479. The van der Waals surface area contributed by atoms with Crippen LogP contribution in [0.4, 0.5) is 0 Å². The van der Waals surface area contributed by atoms with Crippen LogP contribution in [0.2, 0.25) is 5.02 Å². The van der Waals surface area contributed by atoms with Crippen LogP contribution in [0.25, 0.3) is 11.5 Å². The van der Waals surface area contributed by atoms with Crippen molar-refractivity contribution in [2.24, 2.45) is 0 Å². The van der Waals surface area contributed by atoms with E-state index < -0.39 is 0 Å². The van der Waals surface area contributed by atoms with Gasteiger partial charge in [-0.25, -0.2) is 0 Å². The van der Waals surface area contributed by atoms with Gasteiger partial charge in [0.05, 0.1) is 10.6 Å². The first-order valence-electron chi connectivity index (χ1n) is 7.50. The van der Waals surface area contributed by atoms with Gasteiger partial charge >= 0.3 is 0 Å². The lowest BCUT2D eigenvalue weighted by Gasteiger charge is -2.04. The van der Waals surface area contributed by atoms with Gasteiger partial charge < -0.3 is 9.15 Å². The summed E-state index contributed by atoms with van der Waals surface area (Å²) >= 11 is 6.11. The van der Waals surface area contributed by atoms with E-state index in [-0.39, 0.29) is 12.4 Å². The van der Waals surface area contributed by atoms with Crippen LogP contribution >= 0.6 is 11.6 Å². The van der Waals surface area contributed by atoms with E-state index in [1.165, 1.54) is 0 Å². The second kappa shape index (κ2) is 7.27. The quantitative estimate of drug-likeness (QED) is 0.614. The molecular formula is C18H15ClN2O3. The molecule has 0 aliphatic rings. The summed E-state index contributed by atoms with van der Waals surface area (Å²) in [5.74, 6) is 1.42. The Balaban J connectivity index is 1.65. The Morgan fingerprint density at radius 3 is 2.58 bits per heavy atom. The minimum Gasteiger partial charge on any atom is -0.484 e. The van der Waals surface area contributed by atoms with Gasteiger partial charge in [0.2, 0.25) is 5.89 Å². The molecule has 0 aliphatic carbocycles. The molecule has 0 saturated carbocycles. The summed E-state index contributed by atoms with van der Waals surface area (Å²) in [5.41, 5.74) is 1.35. The smallest absolute Gasteiger partial charge is 0.254 e. The molecule has 0 unspecified atom stereocenters. The fourth-order valence-corrected chi connectivity index (χ4v) is 2.36. The molecule has 0 amide bonds. The van der Waals surface area contributed by atoms with E-state index in [9.17, 15) is 4.79 Å². The second-order valence-electron chi connectivity index (χ2n) is 5.07. The zero-order chi connectivity index (χ0) is 16.9. The fourth-order valence-electron chi connectivity index (χ4n) is 2.14. The number of nitrogens with zero attached hydrogens (tertiary/aromatic N) is 2. The predicted molar refractivity (Wildman–Crippen MR) is 90.1 cm³/mol. The molecule has 0 radical (unpaired) electrons. The molecule has 0 aliphatic heterocycles. The topological polar surface area (TPSA) is 65.2 Å². The number of aromatic nitrogens is 2. The summed E-state index contributed by atoms with van der Waals surface area (Å²) in [7, 11) is 0. The highest BCUT2D eigenvalue weighted by molar-refractivity contribution is 6.33. The predicted octanol–water partition coefficient (Wildman–Crippen LogP) is 4.56. The lowest BCUT2D eigenvalue weighted by Crippen LogP contribution is -1.98. The van der Waals surface area contributed by atoms with Gasteiger partial charge in [-0.1, -0.05) is 30.7 Å². The Labute approximate surface area is 144 Å². The molecule has 0 saturated heterocycles. The molecule has 5 nitrogen and oxygen atoms in total. The summed E-state index contributed by atoms with van der Waals surface area (Å²) in [4.78, 5) is 11.6. The standard InChI is InChI=1S/C18H15ClN2O3/c1-2-16(22)12-7-9-13(10-8-12)23-11-17-20-21-18(24-17)14-5-3-4-6-15(14)19/h3-10H,2,11H2,1H3. The maximum Gasteiger partial charge on any atom is 0.254 e. The van der Waals surface area contributed by atoms with Crippen LogP contribution in [0, 0.1) is 0 Å². The summed E-state index contributed by atoms with van der Waals surface area (Å²) in [5, 5.41) is 8.48. The maximum absolute atomic E-state index is 11.6. The van der Waals surface area contributed by atoms with E-state index in [1.807, 2.05) is 25.1 Å². The van der Waals surface area contributed by atoms with E-state index in [4.69, 9.17) is 20.8 Å². The number of benzene rings is 2. The number of hydrogen-bond donors (Lipinski definition) is 0. The van der Waals surface area contributed by atoms with Gasteiger partial charge in [-0.2, -0.15) is 0 Å². The minimum absolute atomic E-state index is 0.0998. The third kappa shape index (κ3) is 3.63. The average Bonchev–Trinajstić information content (AvgIpc) is 3.09. The molecule has 0 spiro atoms. The molecule has 0 atom stereocenters. The zero-order valence-corrected chi connectivity index (χ0v) is 13.8. The van der Waals surface area contributed by atoms with Crippen LogP contribution in [0.15, 0.2) is 52.9 Å². The van der Waals surface area contributed by atoms with Crippen LogP contribution in [0.1, 0.15) is 29.6 Å². The largest absolute Gasteiger partial charge is 0.484 e. The number of hydrogen-bond acceptors (Lipinski definition) is 5. The van der Waals surface area contributed by atoms with Crippen molar-refractivity contribution in [3.8, 4) is 17.2 Å². The molecule has 0 bridgehead atoms. The molecule has 122 valence electrons. The van der Waals surface area contributed by atoms with Crippen molar-refractivity contribution in [1.82, 2.24) is 10.2 Å². The highest BCUT2D eigenvalue weighted by Gasteiger charge is 2.12. The summed E-state index contributed by atoms with van der Waals surface area (Å²) in [6, 6.07) is 14.2. The molecule has 3 rings (SSSR count). The van der Waals surface area contributed by atoms with Crippen LogP contribution < -0.4 is 4.74 Å². The SMILES string of the molecule is CCC(=O)c1ccc(OCc2nnc(-c3ccccc3Cl)o2)cc1.